The third-order valence-electron chi connectivity index (χ3n) is 15.1. The van der Waals surface area contributed by atoms with Gasteiger partial charge in [-0.3, -0.25) is 13.7 Å². The molecule has 0 spiro atoms. The van der Waals surface area contributed by atoms with Crippen molar-refractivity contribution >= 4 is 40.7 Å². The lowest BCUT2D eigenvalue weighted by atomic mass is 10.1. The number of aliphatic hydroxyl groups is 3. The fourth-order valence-corrected chi connectivity index (χ4v) is 8.42. The quantitative estimate of drug-likeness (QED) is 0.0333. The number of nitro groups is 7. The van der Waals surface area contributed by atoms with E-state index >= 15 is 0 Å². The molecular weight excluding hydrogens is 1340 g/mol. The molecule has 0 bridgehead atoms. The monoisotopic (exact) mass is 1430 g/mol. The minimum absolute atomic E-state index is 0.0609. The molecule has 0 saturated carbocycles. The van der Waals surface area contributed by atoms with Gasteiger partial charge < -0.3 is 119 Å². The first kappa shape index (κ1) is 84.7. The van der Waals surface area contributed by atoms with E-state index in [1.54, 1.807) is 46.0 Å². The van der Waals surface area contributed by atoms with Crippen LogP contribution in [0.2, 0.25) is 0 Å². The highest BCUT2D eigenvalue weighted by Crippen LogP contribution is 2.26. The van der Waals surface area contributed by atoms with E-state index < -0.39 is 46.7 Å². The zero-order valence-electron chi connectivity index (χ0n) is 59.1. The van der Waals surface area contributed by atoms with Crippen molar-refractivity contribution in [2.75, 3.05) is 33.0 Å². The van der Waals surface area contributed by atoms with Crippen molar-refractivity contribution in [2.45, 2.75) is 187 Å². The van der Waals surface area contributed by atoms with Gasteiger partial charge in [-0.2, -0.15) is 0 Å². The Hall–Kier alpha value is -10.5. The first-order valence-corrected chi connectivity index (χ1v) is 32.4. The van der Waals surface area contributed by atoms with Crippen LogP contribution in [-0.2, 0) is 44.0 Å². The average molecular weight is 1430 g/mol. The second-order valence-corrected chi connectivity index (χ2v) is 24.1. The topological polar surface area (TPSA) is 538 Å². The van der Waals surface area contributed by atoms with Gasteiger partial charge in [0.15, 0.2) is 5.82 Å². The summed E-state index contributed by atoms with van der Waals surface area (Å²) in [7, 11) is 0. The summed E-state index contributed by atoms with van der Waals surface area (Å²) in [5.74, 6) is 3.67. The number of aryl methyl sites for hydroxylation is 4. The van der Waals surface area contributed by atoms with Crippen molar-refractivity contribution in [3.05, 3.63) is 137 Å². The highest BCUT2D eigenvalue weighted by atomic mass is 16.7. The number of rotatable bonds is 19. The van der Waals surface area contributed by atoms with Crippen molar-refractivity contribution in [1.82, 2.24) is 67.3 Å². The van der Waals surface area contributed by atoms with Crippen molar-refractivity contribution in [2.24, 2.45) is 29.6 Å². The Morgan fingerprint density at radius 3 is 1.11 bits per heavy atom. The number of imidazole rings is 7. The fourth-order valence-electron chi connectivity index (χ4n) is 8.42. The van der Waals surface area contributed by atoms with Crippen LogP contribution in [-0.4, -0.2) is 168 Å². The van der Waals surface area contributed by atoms with Crippen LogP contribution in [0.5, 0.6) is 18.0 Å². The van der Waals surface area contributed by atoms with Gasteiger partial charge in [-0.1, -0.05) is 88.5 Å². The maximum absolute atomic E-state index is 10.5. The molecule has 1 saturated heterocycles. The maximum Gasteiger partial charge on any atom is 0.414 e. The van der Waals surface area contributed by atoms with Crippen LogP contribution < -0.4 is 14.2 Å². The number of nitrogens with one attached hydrogen (secondary N) is 1. The van der Waals surface area contributed by atoms with Crippen LogP contribution in [0.3, 0.4) is 0 Å². The van der Waals surface area contributed by atoms with E-state index in [-0.39, 0.29) is 72.4 Å². The molecule has 11 rings (SSSR count). The summed E-state index contributed by atoms with van der Waals surface area (Å²) < 4.78 is 30.1. The van der Waals surface area contributed by atoms with Gasteiger partial charge in [0.25, 0.3) is 0 Å². The van der Waals surface area contributed by atoms with E-state index in [4.69, 9.17) is 29.2 Å². The number of H-pyrrole nitrogens is 1. The Labute approximate surface area is 579 Å². The molecular formula is C59H93N21O21. The van der Waals surface area contributed by atoms with E-state index in [0.29, 0.717) is 91.9 Å². The van der Waals surface area contributed by atoms with Crippen LogP contribution >= 0.6 is 0 Å². The number of epoxide rings is 1. The first-order valence-electron chi connectivity index (χ1n) is 32.4. The van der Waals surface area contributed by atoms with E-state index in [0.717, 1.165) is 38.6 Å². The predicted octanol–water partition coefficient (Wildman–Crippen LogP) is 8.79. The summed E-state index contributed by atoms with van der Waals surface area (Å²) in [4.78, 5) is 97.2. The molecule has 11 heterocycles. The lowest BCUT2D eigenvalue weighted by Gasteiger charge is -2.17. The van der Waals surface area contributed by atoms with Crippen LogP contribution in [0.15, 0.2) is 43.4 Å². The van der Waals surface area contributed by atoms with Gasteiger partial charge in [-0.15, -0.1) is 0 Å². The largest absolute Gasteiger partial charge is 0.445 e. The third-order valence-corrected chi connectivity index (χ3v) is 15.1. The number of aliphatic hydroxyl groups excluding tert-OH is 3. The second kappa shape index (κ2) is 41.8. The minimum atomic E-state index is -0.624. The highest BCUT2D eigenvalue weighted by molar-refractivity contribution is 5.24. The number of nitrogens with zero attached hydrogens (tertiary/aromatic N) is 20. The van der Waals surface area contributed by atoms with Gasteiger partial charge in [0.05, 0.1) is 45.1 Å². The van der Waals surface area contributed by atoms with Crippen molar-refractivity contribution in [1.29, 1.82) is 0 Å². The Bertz CT molecular complexity index is 3430. The summed E-state index contributed by atoms with van der Waals surface area (Å²) in [6.45, 7) is 33.5. The average Bonchev–Trinajstić information content (AvgIpc) is 1.70. The van der Waals surface area contributed by atoms with Crippen molar-refractivity contribution in [3.63, 3.8) is 0 Å². The number of hydrogen-bond acceptors (Lipinski definition) is 28. The standard InChI is InChI=1S/C9H15N3O2.2C8H13N3O3.2C7H9N3O3.C6H7N3O4.C6H14.C4H5N3O2.C4H8O/c1-4-7(2)5-11-6-9(12(13)14)10-8(11)3;1-6(5-12)3-10-4-8(11(13)14)9-7(10)2;1-3-7(12)4-10-5-8(11(13)14)9-6(10)2;2*1-5-2-9-3-6(10(11)12)8-7(9)13-4-5;10-4-1-8-2-5(9(11)12)7-6(8)13-3-4;1-4-6(3)5-2;1-3-5-2-4(6-3)7(8)9;1-2-4-3-5-4/h6-7H,4-5H2,1-3H3;4,6,12H,3,5H2,1-2H3;5,7,12H,3-4H2,1-2H3;2*3,5H,2,4H2,1H3;2,4,10H,1,3H2;6H,4-5H2,1-3H3;2H,1H3,(H,5,6);4H,2-3H2,1H3/t7-;6-;7-;2*5-;4-;;;4-/m101000..1/s1. The van der Waals surface area contributed by atoms with E-state index in [2.05, 4.69) is 81.4 Å². The fraction of sp³-hybridized carbons (Fsp3) is 0.644. The molecule has 101 heavy (non-hydrogen) atoms. The molecule has 0 amide bonds. The number of fused-ring (bicyclic) bond motifs is 3. The molecule has 4 aliphatic rings. The molecule has 0 unspecified atom stereocenters. The van der Waals surface area contributed by atoms with E-state index in [1.165, 1.54) is 67.2 Å². The minimum Gasteiger partial charge on any atom is -0.445 e. The Morgan fingerprint density at radius 1 is 0.495 bits per heavy atom. The lowest BCUT2D eigenvalue weighted by molar-refractivity contribution is -0.389. The Kier molecular flexibility index (Phi) is 35.1. The molecule has 42 heteroatoms. The van der Waals surface area contributed by atoms with Crippen LogP contribution in [0, 0.1) is 128 Å². The van der Waals surface area contributed by atoms with Gasteiger partial charge in [-0.05, 0) is 80.0 Å². The number of aromatic amines is 1. The summed E-state index contributed by atoms with van der Waals surface area (Å²) in [5, 5.41) is 99.6. The molecule has 0 aromatic carbocycles. The van der Waals surface area contributed by atoms with Gasteiger partial charge >= 0.3 is 58.8 Å². The lowest BCUT2D eigenvalue weighted by Crippen LogP contribution is -2.29. The highest BCUT2D eigenvalue weighted by Gasteiger charge is 2.29. The van der Waals surface area contributed by atoms with Crippen molar-refractivity contribution < 1.29 is 68.7 Å². The summed E-state index contributed by atoms with van der Waals surface area (Å²) in [5.41, 5.74) is 0. The SMILES string of the molecule is CCC(C)CC.CC[C@@H](C)Cn1cc([N+](=O)[O-])nc1C.CC[C@@H](O)Cn1cc([N+](=O)[O-])nc1C.CC[C@@H]1CO1.C[C@@H]1COc2nc([N+](=O)[O-])cn2C1.C[C@@H]1COc2nc([N+](=O)[O-])cn2C1.Cc1nc([N+](=O)[O-])cn1C[C@H](C)CO.Cc1ncc([N+](=O)[O-])[nH]1.O=[N+]([O-])c1cn2c(n1)OC[C@@H](O)C2. The molecule has 7 aromatic heterocycles. The van der Waals surface area contributed by atoms with Gasteiger partial charge in [0.2, 0.25) is 17.5 Å². The number of ether oxygens (including phenoxy) is 4. The van der Waals surface area contributed by atoms with Gasteiger partial charge in [0, 0.05) is 87.3 Å². The first-order chi connectivity index (χ1) is 47.6. The molecule has 560 valence electrons. The summed E-state index contributed by atoms with van der Waals surface area (Å²) >= 11 is 0. The number of aromatic nitrogens is 14. The smallest absolute Gasteiger partial charge is 0.414 e. The Balaban J connectivity index is 0.000000299. The van der Waals surface area contributed by atoms with Crippen LogP contribution in [0.1, 0.15) is 125 Å². The molecule has 0 radical (unpaired) electrons. The molecule has 4 N–H and O–H groups in total. The Morgan fingerprint density at radius 2 is 0.842 bits per heavy atom. The van der Waals surface area contributed by atoms with Crippen LogP contribution in [0.4, 0.5) is 40.7 Å². The van der Waals surface area contributed by atoms with Crippen molar-refractivity contribution in [3.8, 4) is 18.0 Å². The van der Waals surface area contributed by atoms with Gasteiger partial charge in [-0.25, -0.2) is 9.97 Å². The van der Waals surface area contributed by atoms with Gasteiger partial charge in [0.1, 0.15) is 56.1 Å². The second-order valence-electron chi connectivity index (χ2n) is 24.1. The maximum atomic E-state index is 10.5. The zero-order chi connectivity index (χ0) is 76.0. The molecule has 4 aliphatic heterocycles. The summed E-state index contributed by atoms with van der Waals surface area (Å²) in [6, 6.07) is 0.895. The summed E-state index contributed by atoms with van der Waals surface area (Å²) in [6.07, 6.45) is 14.5. The predicted molar refractivity (Wildman–Crippen MR) is 360 cm³/mol. The van der Waals surface area contributed by atoms with E-state index in [1.807, 2.05) is 32.3 Å². The normalized spacial score (nSPS) is 16.4. The molecule has 42 nitrogen and oxygen atoms in total. The van der Waals surface area contributed by atoms with E-state index in [9.17, 15) is 75.9 Å². The molecule has 1 fully saturated rings. The zero-order valence-corrected chi connectivity index (χ0v) is 59.1. The molecule has 7 aromatic rings. The third kappa shape index (κ3) is 29.5. The number of hydrogen-bond donors (Lipinski definition) is 4. The molecule has 7 atom stereocenters. The molecule has 0 aliphatic carbocycles. The van der Waals surface area contributed by atoms with Crippen LogP contribution in [0.25, 0.3) is 0 Å².